The number of nitrogens with zero attached hydrogens (tertiary/aromatic N) is 1. The van der Waals surface area contributed by atoms with Crippen molar-refractivity contribution in [2.75, 3.05) is 19.7 Å². The van der Waals surface area contributed by atoms with Crippen LogP contribution in [0.4, 0.5) is 4.79 Å². The Bertz CT molecular complexity index is 523. The molecule has 3 unspecified atom stereocenters. The summed E-state index contributed by atoms with van der Waals surface area (Å²) >= 11 is 0. The third-order valence-corrected chi connectivity index (χ3v) is 5.33. The molecule has 3 N–H and O–H groups in total. The zero-order valence-corrected chi connectivity index (χ0v) is 14.3. The van der Waals surface area contributed by atoms with Crippen LogP contribution in [0.25, 0.3) is 0 Å². The van der Waals surface area contributed by atoms with E-state index in [2.05, 4.69) is 15.5 Å². The second kappa shape index (κ2) is 8.49. The summed E-state index contributed by atoms with van der Waals surface area (Å²) in [5.41, 5.74) is 1.09. The Balaban J connectivity index is 1.57. The fourth-order valence-corrected chi connectivity index (χ4v) is 4.09. The molecule has 132 valence electrons. The molecule has 2 aliphatic rings. The van der Waals surface area contributed by atoms with E-state index in [0.717, 1.165) is 24.9 Å². The molecule has 0 radical (unpaired) electrons. The largest absolute Gasteiger partial charge is 0.396 e. The van der Waals surface area contributed by atoms with E-state index in [-0.39, 0.29) is 24.7 Å². The molecule has 0 bridgehead atoms. The first-order chi connectivity index (χ1) is 11.8. The molecule has 0 saturated carbocycles. The lowest BCUT2D eigenvalue weighted by Crippen LogP contribution is -2.50. The first-order valence-electron chi connectivity index (χ1n) is 9.25. The number of fused-ring (bicyclic) bond motifs is 1. The molecule has 1 aromatic carbocycles. The molecule has 0 aromatic heterocycles. The maximum atomic E-state index is 12.5. The highest BCUT2D eigenvalue weighted by Crippen LogP contribution is 2.27. The molecule has 0 aliphatic carbocycles. The quantitative estimate of drug-likeness (QED) is 0.750. The molecule has 24 heavy (non-hydrogen) atoms. The van der Waals surface area contributed by atoms with Crippen LogP contribution in [0.2, 0.25) is 0 Å². The summed E-state index contributed by atoms with van der Waals surface area (Å²) in [4.78, 5) is 15.0. The maximum absolute atomic E-state index is 12.5. The van der Waals surface area contributed by atoms with Crippen molar-refractivity contribution in [3.63, 3.8) is 0 Å². The average molecular weight is 331 g/mol. The maximum Gasteiger partial charge on any atom is 0.315 e. The molecule has 1 aromatic rings. The van der Waals surface area contributed by atoms with Gasteiger partial charge in [-0.15, -0.1) is 0 Å². The van der Waals surface area contributed by atoms with E-state index in [1.165, 1.54) is 25.8 Å². The molecule has 2 heterocycles. The van der Waals surface area contributed by atoms with Crippen molar-refractivity contribution < 1.29 is 9.90 Å². The van der Waals surface area contributed by atoms with Gasteiger partial charge in [-0.3, -0.25) is 4.90 Å². The smallest absolute Gasteiger partial charge is 0.315 e. The van der Waals surface area contributed by atoms with Crippen molar-refractivity contribution in [1.82, 2.24) is 15.5 Å². The zero-order chi connectivity index (χ0) is 16.8. The number of nitrogens with one attached hydrogen (secondary N) is 2. The van der Waals surface area contributed by atoms with Crippen LogP contribution in [0, 0.1) is 0 Å². The van der Waals surface area contributed by atoms with Crippen LogP contribution in [0.3, 0.4) is 0 Å². The van der Waals surface area contributed by atoms with Crippen LogP contribution in [0.5, 0.6) is 0 Å². The summed E-state index contributed by atoms with van der Waals surface area (Å²) in [5.74, 6) is 0. The van der Waals surface area contributed by atoms with Gasteiger partial charge in [0.05, 0.1) is 6.04 Å². The fourth-order valence-electron chi connectivity index (χ4n) is 4.09. The number of aliphatic hydroxyl groups excluding tert-OH is 1. The minimum Gasteiger partial charge on any atom is -0.396 e. The molecule has 5 heteroatoms. The average Bonchev–Trinajstić information content (AvgIpc) is 3.02. The minimum absolute atomic E-state index is 0.0535. The number of piperidine rings is 1. The summed E-state index contributed by atoms with van der Waals surface area (Å²) in [5, 5.41) is 15.4. The standard InChI is InChI=1S/C19H29N3O2/c23-14-6-9-16(15-7-2-1-3-8-15)20-19(24)21-17-11-13-22-12-5-4-10-18(17)22/h1-3,7-8,16-18,23H,4-6,9-14H2,(H2,20,21,24). The Kier molecular flexibility index (Phi) is 6.10. The number of benzene rings is 1. The first-order valence-corrected chi connectivity index (χ1v) is 9.25. The lowest BCUT2D eigenvalue weighted by Gasteiger charge is -2.32. The number of amides is 2. The summed E-state index contributed by atoms with van der Waals surface area (Å²) in [6.45, 7) is 2.42. The highest BCUT2D eigenvalue weighted by Gasteiger charge is 2.36. The third-order valence-electron chi connectivity index (χ3n) is 5.33. The molecule has 2 fully saturated rings. The minimum atomic E-state index is -0.0841. The van der Waals surface area contributed by atoms with Crippen LogP contribution in [-0.2, 0) is 0 Å². The predicted molar refractivity (Wildman–Crippen MR) is 94.8 cm³/mol. The Morgan fingerprint density at radius 3 is 2.83 bits per heavy atom. The van der Waals surface area contributed by atoms with Gasteiger partial charge in [-0.1, -0.05) is 36.8 Å². The topological polar surface area (TPSA) is 64.6 Å². The predicted octanol–water partition coefficient (Wildman–Crippen LogP) is 2.43. The van der Waals surface area contributed by atoms with E-state index < -0.39 is 0 Å². The van der Waals surface area contributed by atoms with E-state index in [1.807, 2.05) is 30.3 Å². The molecular formula is C19H29N3O2. The Hall–Kier alpha value is -1.59. The van der Waals surface area contributed by atoms with Gasteiger partial charge in [0, 0.05) is 25.2 Å². The van der Waals surface area contributed by atoms with Gasteiger partial charge in [0.2, 0.25) is 0 Å². The number of urea groups is 1. The Morgan fingerprint density at radius 2 is 2.04 bits per heavy atom. The van der Waals surface area contributed by atoms with Gasteiger partial charge in [0.1, 0.15) is 0 Å². The van der Waals surface area contributed by atoms with Crippen molar-refractivity contribution in [3.05, 3.63) is 35.9 Å². The number of aliphatic hydroxyl groups is 1. The van der Waals surface area contributed by atoms with Crippen molar-refractivity contribution in [2.24, 2.45) is 0 Å². The van der Waals surface area contributed by atoms with Gasteiger partial charge in [-0.05, 0) is 44.2 Å². The van der Waals surface area contributed by atoms with E-state index in [1.54, 1.807) is 0 Å². The first kappa shape index (κ1) is 17.2. The van der Waals surface area contributed by atoms with Crippen molar-refractivity contribution in [3.8, 4) is 0 Å². The van der Waals surface area contributed by atoms with E-state index >= 15 is 0 Å². The summed E-state index contributed by atoms with van der Waals surface area (Å²) in [7, 11) is 0. The summed E-state index contributed by atoms with van der Waals surface area (Å²) in [6.07, 6.45) is 6.22. The number of hydrogen-bond donors (Lipinski definition) is 3. The molecule has 2 saturated heterocycles. The molecule has 3 atom stereocenters. The molecule has 5 nitrogen and oxygen atoms in total. The highest BCUT2D eigenvalue weighted by molar-refractivity contribution is 5.75. The normalized spacial score (nSPS) is 25.0. The van der Waals surface area contributed by atoms with Crippen molar-refractivity contribution >= 4 is 6.03 Å². The van der Waals surface area contributed by atoms with E-state index in [4.69, 9.17) is 5.11 Å². The summed E-state index contributed by atoms with van der Waals surface area (Å²) < 4.78 is 0. The number of carbonyl (C=O) groups is 1. The molecular weight excluding hydrogens is 302 g/mol. The monoisotopic (exact) mass is 331 g/mol. The number of carbonyl (C=O) groups excluding carboxylic acids is 1. The van der Waals surface area contributed by atoms with Gasteiger partial charge in [-0.25, -0.2) is 4.79 Å². The summed E-state index contributed by atoms with van der Waals surface area (Å²) in [6, 6.07) is 10.6. The highest BCUT2D eigenvalue weighted by atomic mass is 16.3. The van der Waals surface area contributed by atoms with Gasteiger partial charge in [-0.2, -0.15) is 0 Å². The second-order valence-electron chi connectivity index (χ2n) is 6.94. The lowest BCUT2D eigenvalue weighted by atomic mass is 9.99. The van der Waals surface area contributed by atoms with Crippen LogP contribution in [0.1, 0.15) is 50.1 Å². The van der Waals surface area contributed by atoms with E-state index in [0.29, 0.717) is 12.5 Å². The number of hydrogen-bond acceptors (Lipinski definition) is 3. The van der Waals surface area contributed by atoms with E-state index in [9.17, 15) is 4.79 Å². The molecule has 3 rings (SSSR count). The molecule has 0 spiro atoms. The zero-order valence-electron chi connectivity index (χ0n) is 14.3. The van der Waals surface area contributed by atoms with Gasteiger partial charge < -0.3 is 15.7 Å². The van der Waals surface area contributed by atoms with Crippen LogP contribution in [0.15, 0.2) is 30.3 Å². The van der Waals surface area contributed by atoms with Crippen LogP contribution >= 0.6 is 0 Å². The number of rotatable bonds is 6. The lowest BCUT2D eigenvalue weighted by molar-refractivity contribution is 0.178. The van der Waals surface area contributed by atoms with Crippen LogP contribution in [-0.4, -0.2) is 47.8 Å². The Labute approximate surface area is 144 Å². The molecule has 2 amide bonds. The van der Waals surface area contributed by atoms with Crippen molar-refractivity contribution in [2.45, 2.75) is 56.7 Å². The van der Waals surface area contributed by atoms with Crippen molar-refractivity contribution in [1.29, 1.82) is 0 Å². The molecule has 2 aliphatic heterocycles. The second-order valence-corrected chi connectivity index (χ2v) is 6.94. The Morgan fingerprint density at radius 1 is 1.21 bits per heavy atom. The van der Waals surface area contributed by atoms with Gasteiger partial charge in [0.15, 0.2) is 0 Å². The fraction of sp³-hybridized carbons (Fsp3) is 0.632. The SMILES string of the molecule is O=C(NC(CCCO)c1ccccc1)NC1CCN2CCCCC12. The van der Waals surface area contributed by atoms with Gasteiger partial charge in [0.25, 0.3) is 0 Å². The van der Waals surface area contributed by atoms with Crippen LogP contribution < -0.4 is 10.6 Å². The third kappa shape index (κ3) is 4.28. The van der Waals surface area contributed by atoms with Gasteiger partial charge >= 0.3 is 6.03 Å².